The van der Waals surface area contributed by atoms with Crippen LogP contribution in [0, 0.1) is 0 Å². The maximum atomic E-state index is 11.3. The minimum absolute atomic E-state index is 0.115. The summed E-state index contributed by atoms with van der Waals surface area (Å²) in [5.41, 5.74) is 0. The van der Waals surface area contributed by atoms with Gasteiger partial charge in [0, 0.05) is 19.7 Å². The lowest BCUT2D eigenvalue weighted by molar-refractivity contribution is -0.125. The molecule has 0 saturated heterocycles. The third kappa shape index (κ3) is 7.88. The van der Waals surface area contributed by atoms with Crippen LogP contribution < -0.4 is 5.32 Å². The zero-order valence-electron chi connectivity index (χ0n) is 9.53. The first-order valence-corrected chi connectivity index (χ1v) is 5.24. The van der Waals surface area contributed by atoms with Crippen LogP contribution in [0.4, 0.5) is 0 Å². The van der Waals surface area contributed by atoms with E-state index in [0.717, 1.165) is 32.4 Å². The van der Waals surface area contributed by atoms with E-state index >= 15 is 0 Å². The second-order valence-electron chi connectivity index (χ2n) is 3.42. The van der Waals surface area contributed by atoms with Gasteiger partial charge in [-0.15, -0.1) is 0 Å². The summed E-state index contributed by atoms with van der Waals surface area (Å²) in [5, 5.41) is 3.08. The lowest BCUT2D eigenvalue weighted by Gasteiger charge is -2.14. The van der Waals surface area contributed by atoms with Crippen LogP contribution in [0.2, 0.25) is 0 Å². The zero-order chi connectivity index (χ0) is 11.5. The maximum Gasteiger partial charge on any atom is 0.246 e. The molecule has 0 fully saturated rings. The van der Waals surface area contributed by atoms with Gasteiger partial charge in [0.1, 0.15) is 6.29 Å². The van der Waals surface area contributed by atoms with Crippen LogP contribution in [0.3, 0.4) is 0 Å². The molecule has 15 heavy (non-hydrogen) atoms. The largest absolute Gasteiger partial charge is 0.342 e. The van der Waals surface area contributed by atoms with E-state index in [1.54, 1.807) is 11.9 Å². The van der Waals surface area contributed by atoms with Crippen LogP contribution in [0.5, 0.6) is 0 Å². The number of carbonyl (C=O) groups excluding carboxylic acids is 2. The summed E-state index contributed by atoms with van der Waals surface area (Å²) < 4.78 is 0. The van der Waals surface area contributed by atoms with Crippen LogP contribution in [0.15, 0.2) is 12.2 Å². The molecule has 0 heterocycles. The summed E-state index contributed by atoms with van der Waals surface area (Å²) in [4.78, 5) is 22.9. The highest BCUT2D eigenvalue weighted by Crippen LogP contribution is 1.97. The van der Waals surface area contributed by atoms with Crippen molar-refractivity contribution in [2.24, 2.45) is 0 Å². The standard InChI is InChI=1S/C11H20N2O2/c1-12-8-4-3-5-9-13(2)11(15)7-6-10-14/h6-7,10,12H,3-5,8-9H2,1-2H3/b7-6-. The van der Waals surface area contributed by atoms with Gasteiger partial charge in [0.05, 0.1) is 0 Å². The number of hydrogen-bond acceptors (Lipinski definition) is 3. The van der Waals surface area contributed by atoms with Gasteiger partial charge in [-0.2, -0.15) is 0 Å². The molecule has 0 aromatic heterocycles. The van der Waals surface area contributed by atoms with Gasteiger partial charge in [0.25, 0.3) is 0 Å². The Morgan fingerprint density at radius 1 is 1.33 bits per heavy atom. The van der Waals surface area contributed by atoms with Crippen molar-refractivity contribution < 1.29 is 9.59 Å². The molecule has 0 radical (unpaired) electrons. The van der Waals surface area contributed by atoms with E-state index in [2.05, 4.69) is 5.32 Å². The van der Waals surface area contributed by atoms with Gasteiger partial charge >= 0.3 is 0 Å². The topological polar surface area (TPSA) is 49.4 Å². The lowest BCUT2D eigenvalue weighted by Crippen LogP contribution is -2.26. The number of unbranched alkanes of at least 4 members (excludes halogenated alkanes) is 2. The SMILES string of the molecule is CNCCCCCN(C)C(=O)/C=C\C=O. The van der Waals surface area contributed by atoms with Crippen molar-refractivity contribution >= 4 is 12.2 Å². The summed E-state index contributed by atoms with van der Waals surface area (Å²) in [6, 6.07) is 0. The van der Waals surface area contributed by atoms with E-state index in [4.69, 9.17) is 0 Å². The number of hydrogen-bond donors (Lipinski definition) is 1. The highest BCUT2D eigenvalue weighted by Gasteiger charge is 2.02. The maximum absolute atomic E-state index is 11.3. The number of allylic oxidation sites excluding steroid dienone is 1. The van der Waals surface area contributed by atoms with Crippen LogP contribution in [-0.2, 0) is 9.59 Å². The summed E-state index contributed by atoms with van der Waals surface area (Å²) >= 11 is 0. The van der Waals surface area contributed by atoms with Crippen LogP contribution in [0.1, 0.15) is 19.3 Å². The Labute approximate surface area is 91.3 Å². The normalized spacial score (nSPS) is 10.5. The number of nitrogens with zero attached hydrogens (tertiary/aromatic N) is 1. The first kappa shape index (κ1) is 13.8. The predicted octanol–water partition coefficient (Wildman–Crippen LogP) is 0.590. The number of likely N-dealkylation sites (N-methyl/N-ethyl adjacent to an activating group) is 1. The molecule has 4 nitrogen and oxygen atoms in total. The molecule has 0 unspecified atom stereocenters. The first-order chi connectivity index (χ1) is 7.22. The molecule has 1 N–H and O–H groups in total. The molecule has 0 saturated carbocycles. The molecule has 86 valence electrons. The Bertz CT molecular complexity index is 215. The summed E-state index contributed by atoms with van der Waals surface area (Å²) in [6.07, 6.45) is 6.36. The minimum atomic E-state index is -0.115. The predicted molar refractivity (Wildman–Crippen MR) is 60.6 cm³/mol. The van der Waals surface area contributed by atoms with Crippen LogP contribution in [0.25, 0.3) is 0 Å². The molecule has 0 aliphatic carbocycles. The van der Waals surface area contributed by atoms with Gasteiger partial charge in [-0.05, 0) is 32.5 Å². The summed E-state index contributed by atoms with van der Waals surface area (Å²) in [7, 11) is 3.68. The van der Waals surface area contributed by atoms with Crippen molar-refractivity contribution in [2.75, 3.05) is 27.2 Å². The van der Waals surface area contributed by atoms with Crippen molar-refractivity contribution in [1.29, 1.82) is 0 Å². The van der Waals surface area contributed by atoms with E-state index in [1.165, 1.54) is 12.2 Å². The first-order valence-electron chi connectivity index (χ1n) is 5.24. The fraction of sp³-hybridized carbons (Fsp3) is 0.636. The van der Waals surface area contributed by atoms with Crippen molar-refractivity contribution in [3.63, 3.8) is 0 Å². The smallest absolute Gasteiger partial charge is 0.246 e. The molecule has 0 rings (SSSR count). The molecule has 4 heteroatoms. The summed E-state index contributed by atoms with van der Waals surface area (Å²) in [6.45, 7) is 1.76. The molecule has 1 amide bonds. The molecule has 0 spiro atoms. The van der Waals surface area contributed by atoms with Crippen LogP contribution in [-0.4, -0.2) is 44.3 Å². The Morgan fingerprint density at radius 2 is 2.07 bits per heavy atom. The Hall–Kier alpha value is -1.16. The molecule has 0 aliphatic heterocycles. The fourth-order valence-electron chi connectivity index (χ4n) is 1.19. The van der Waals surface area contributed by atoms with E-state index < -0.39 is 0 Å². The third-order valence-electron chi connectivity index (χ3n) is 2.11. The molecule has 0 bridgehead atoms. The quantitative estimate of drug-likeness (QED) is 0.364. The Balaban J connectivity index is 3.55. The average molecular weight is 212 g/mol. The highest BCUT2D eigenvalue weighted by molar-refractivity contribution is 5.90. The van der Waals surface area contributed by atoms with Gasteiger partial charge in [0.2, 0.25) is 5.91 Å². The van der Waals surface area contributed by atoms with E-state index in [9.17, 15) is 9.59 Å². The molecule has 0 atom stereocenters. The van der Waals surface area contributed by atoms with Crippen molar-refractivity contribution in [1.82, 2.24) is 10.2 Å². The molecule has 0 aromatic rings. The van der Waals surface area contributed by atoms with Crippen LogP contribution >= 0.6 is 0 Å². The summed E-state index contributed by atoms with van der Waals surface area (Å²) in [5.74, 6) is -0.115. The highest BCUT2D eigenvalue weighted by atomic mass is 16.2. The van der Waals surface area contributed by atoms with Gasteiger partial charge in [-0.25, -0.2) is 0 Å². The minimum Gasteiger partial charge on any atom is -0.342 e. The van der Waals surface area contributed by atoms with Gasteiger partial charge in [-0.3, -0.25) is 9.59 Å². The molecule has 0 aliphatic rings. The molecular formula is C11H20N2O2. The lowest BCUT2D eigenvalue weighted by atomic mass is 10.2. The second kappa shape index (κ2) is 9.40. The van der Waals surface area contributed by atoms with Crippen molar-refractivity contribution in [3.05, 3.63) is 12.2 Å². The van der Waals surface area contributed by atoms with Crippen molar-refractivity contribution in [3.8, 4) is 0 Å². The number of amides is 1. The van der Waals surface area contributed by atoms with E-state index in [0.29, 0.717) is 6.29 Å². The average Bonchev–Trinajstić information content (AvgIpc) is 2.25. The van der Waals surface area contributed by atoms with E-state index in [1.807, 2.05) is 7.05 Å². The van der Waals surface area contributed by atoms with Gasteiger partial charge in [-0.1, -0.05) is 6.42 Å². The molecular weight excluding hydrogens is 192 g/mol. The fourth-order valence-corrected chi connectivity index (χ4v) is 1.19. The molecule has 0 aromatic carbocycles. The Morgan fingerprint density at radius 3 is 2.67 bits per heavy atom. The van der Waals surface area contributed by atoms with Gasteiger partial charge < -0.3 is 10.2 Å². The number of rotatable bonds is 8. The van der Waals surface area contributed by atoms with Crippen molar-refractivity contribution in [2.45, 2.75) is 19.3 Å². The number of carbonyl (C=O) groups is 2. The third-order valence-corrected chi connectivity index (χ3v) is 2.11. The number of nitrogens with one attached hydrogen (secondary N) is 1. The van der Waals surface area contributed by atoms with E-state index in [-0.39, 0.29) is 5.91 Å². The zero-order valence-corrected chi connectivity index (χ0v) is 9.53. The number of aldehydes is 1. The Kier molecular flexibility index (Phi) is 8.67. The van der Waals surface area contributed by atoms with Gasteiger partial charge in [0.15, 0.2) is 0 Å². The monoisotopic (exact) mass is 212 g/mol. The second-order valence-corrected chi connectivity index (χ2v) is 3.42.